The van der Waals surface area contributed by atoms with Gasteiger partial charge < -0.3 is 10.4 Å². The minimum absolute atomic E-state index is 0.192. The molecular weight excluding hydrogens is 320 g/mol. The number of aliphatic hydroxyl groups excluding tert-OH is 1. The van der Waals surface area contributed by atoms with Gasteiger partial charge in [0.25, 0.3) is 5.91 Å². The summed E-state index contributed by atoms with van der Waals surface area (Å²) in [4.78, 5) is 14.6. The first-order chi connectivity index (χ1) is 12.0. The van der Waals surface area contributed by atoms with Gasteiger partial charge in [0, 0.05) is 64.2 Å². The Labute approximate surface area is 147 Å². The highest BCUT2D eigenvalue weighted by atomic mass is 16.3. The van der Waals surface area contributed by atoms with Crippen LogP contribution in [0.15, 0.2) is 16.4 Å². The molecule has 0 bridgehead atoms. The number of hydrogen-bond acceptors (Lipinski definition) is 6. The van der Waals surface area contributed by atoms with E-state index in [9.17, 15) is 9.90 Å². The van der Waals surface area contributed by atoms with Gasteiger partial charge in [-0.2, -0.15) is 15.3 Å². The molecule has 0 aliphatic carbocycles. The zero-order valence-electron chi connectivity index (χ0n) is 14.5. The van der Waals surface area contributed by atoms with Crippen molar-refractivity contribution >= 4 is 5.91 Å². The summed E-state index contributed by atoms with van der Waals surface area (Å²) in [6.45, 7) is 2.56. The molecule has 0 aromatic carbocycles. The third-order valence-corrected chi connectivity index (χ3v) is 4.62. The van der Waals surface area contributed by atoms with Crippen molar-refractivity contribution in [2.45, 2.75) is 44.0 Å². The zero-order valence-corrected chi connectivity index (χ0v) is 14.5. The van der Waals surface area contributed by atoms with Crippen LogP contribution in [0.4, 0.5) is 0 Å². The van der Waals surface area contributed by atoms with Crippen LogP contribution in [-0.2, 0) is 13.6 Å². The van der Waals surface area contributed by atoms with Crippen LogP contribution >= 0.6 is 0 Å². The summed E-state index contributed by atoms with van der Waals surface area (Å²) in [5.41, 5.74) is 0.918. The molecule has 1 fully saturated rings. The van der Waals surface area contributed by atoms with Crippen molar-refractivity contribution in [1.82, 2.24) is 20.0 Å². The van der Waals surface area contributed by atoms with Gasteiger partial charge in [0.1, 0.15) is 0 Å². The van der Waals surface area contributed by atoms with Crippen LogP contribution in [0, 0.1) is 12.3 Å². The Morgan fingerprint density at radius 3 is 2.96 bits per heavy atom. The highest BCUT2D eigenvalue weighted by molar-refractivity contribution is 5.93. The minimum atomic E-state index is -0.391. The van der Waals surface area contributed by atoms with E-state index in [1.807, 2.05) is 6.20 Å². The number of aliphatic hydroxyl groups is 1. The molecule has 134 valence electrons. The van der Waals surface area contributed by atoms with Crippen LogP contribution in [0.1, 0.15) is 41.7 Å². The second-order valence-electron chi connectivity index (χ2n) is 6.75. The number of terminal acetylenes is 1. The number of amides is 1. The summed E-state index contributed by atoms with van der Waals surface area (Å²) in [6.07, 6.45) is 9.65. The lowest BCUT2D eigenvalue weighted by Crippen LogP contribution is -2.30. The van der Waals surface area contributed by atoms with Crippen LogP contribution in [0.25, 0.3) is 0 Å². The largest absolute Gasteiger partial charge is 0.392 e. The quantitative estimate of drug-likeness (QED) is 0.678. The van der Waals surface area contributed by atoms with Crippen LogP contribution in [0.2, 0.25) is 0 Å². The lowest BCUT2D eigenvalue weighted by Gasteiger charge is -2.14. The summed E-state index contributed by atoms with van der Waals surface area (Å²) in [5, 5.41) is 25.0. The highest BCUT2D eigenvalue weighted by Crippen LogP contribution is 2.36. The predicted octanol–water partition coefficient (Wildman–Crippen LogP) is 0.682. The molecule has 2 aliphatic rings. The van der Waals surface area contributed by atoms with Crippen molar-refractivity contribution in [3.8, 4) is 12.3 Å². The fourth-order valence-corrected chi connectivity index (χ4v) is 3.17. The van der Waals surface area contributed by atoms with Gasteiger partial charge in [0.2, 0.25) is 0 Å². The molecule has 0 saturated carbocycles. The number of β-amino-alcohol motifs (C(OH)–C–C–N with tert-alkyl or cyclic N) is 1. The summed E-state index contributed by atoms with van der Waals surface area (Å²) in [5.74, 6) is 2.40. The Morgan fingerprint density at radius 1 is 1.52 bits per heavy atom. The summed E-state index contributed by atoms with van der Waals surface area (Å²) >= 11 is 0. The zero-order chi connectivity index (χ0) is 17.9. The van der Waals surface area contributed by atoms with Crippen molar-refractivity contribution in [3.05, 3.63) is 17.5 Å². The molecule has 8 heteroatoms. The Balaban J connectivity index is 1.52. The van der Waals surface area contributed by atoms with Crippen molar-refractivity contribution in [3.63, 3.8) is 0 Å². The van der Waals surface area contributed by atoms with Crippen LogP contribution in [0.5, 0.6) is 0 Å². The van der Waals surface area contributed by atoms with Gasteiger partial charge in [-0.05, 0) is 6.42 Å². The molecule has 0 spiro atoms. The van der Waals surface area contributed by atoms with Crippen molar-refractivity contribution in [2.75, 3.05) is 19.6 Å². The number of carbonyl (C=O) groups excluding carboxylic acids is 1. The number of aryl methyl sites for hydroxylation is 1. The van der Waals surface area contributed by atoms with Gasteiger partial charge in [-0.25, -0.2) is 0 Å². The molecule has 1 aromatic heterocycles. The van der Waals surface area contributed by atoms with Crippen LogP contribution < -0.4 is 5.32 Å². The number of carbonyl (C=O) groups is 1. The number of nitrogens with zero attached hydrogens (tertiary/aromatic N) is 5. The van der Waals surface area contributed by atoms with Crippen LogP contribution in [-0.4, -0.2) is 57.1 Å². The molecule has 1 amide bonds. The van der Waals surface area contributed by atoms with Gasteiger partial charge in [-0.1, -0.05) is 0 Å². The van der Waals surface area contributed by atoms with E-state index in [0.29, 0.717) is 38.2 Å². The van der Waals surface area contributed by atoms with E-state index < -0.39 is 5.66 Å². The molecular formula is C17H24N6O2. The normalized spacial score (nSPS) is 21.2. The lowest BCUT2D eigenvalue weighted by atomic mass is 10.0. The van der Waals surface area contributed by atoms with Gasteiger partial charge >= 0.3 is 0 Å². The number of rotatable bonds is 8. The second kappa shape index (κ2) is 7.33. The molecule has 1 saturated heterocycles. The van der Waals surface area contributed by atoms with E-state index in [2.05, 4.69) is 31.5 Å². The topological polar surface area (TPSA) is 95.1 Å². The van der Waals surface area contributed by atoms with Gasteiger partial charge in [0.15, 0.2) is 11.4 Å². The SMILES string of the molecule is C#CCCC1(CCNC(=O)c2nn(C)cc2CN2CCC(O)C2)N=N1. The van der Waals surface area contributed by atoms with E-state index >= 15 is 0 Å². The second-order valence-corrected chi connectivity index (χ2v) is 6.75. The third kappa shape index (κ3) is 4.44. The highest BCUT2D eigenvalue weighted by Gasteiger charge is 2.38. The minimum Gasteiger partial charge on any atom is -0.392 e. The number of nitrogens with one attached hydrogen (secondary N) is 1. The monoisotopic (exact) mass is 344 g/mol. The Bertz CT molecular complexity index is 698. The number of likely N-dealkylation sites (tertiary alicyclic amines) is 1. The molecule has 2 aliphatic heterocycles. The number of hydrogen-bond donors (Lipinski definition) is 2. The van der Waals surface area contributed by atoms with E-state index in [1.54, 1.807) is 11.7 Å². The lowest BCUT2D eigenvalue weighted by molar-refractivity contribution is 0.0944. The van der Waals surface area contributed by atoms with E-state index in [0.717, 1.165) is 24.9 Å². The fraction of sp³-hybridized carbons (Fsp3) is 0.647. The van der Waals surface area contributed by atoms with E-state index in [1.165, 1.54) is 0 Å². The summed E-state index contributed by atoms with van der Waals surface area (Å²) in [6, 6.07) is 0. The summed E-state index contributed by atoms with van der Waals surface area (Å²) in [7, 11) is 1.80. The average Bonchev–Trinajstić information content (AvgIpc) is 3.07. The maximum atomic E-state index is 12.5. The Kier molecular flexibility index (Phi) is 5.16. The molecule has 3 heterocycles. The maximum absolute atomic E-state index is 12.5. The maximum Gasteiger partial charge on any atom is 0.272 e. The van der Waals surface area contributed by atoms with Gasteiger partial charge in [0.05, 0.1) is 6.10 Å². The molecule has 25 heavy (non-hydrogen) atoms. The van der Waals surface area contributed by atoms with E-state index in [-0.39, 0.29) is 12.0 Å². The first-order valence-electron chi connectivity index (χ1n) is 8.60. The Hall–Kier alpha value is -2.24. The molecule has 2 N–H and O–H groups in total. The standard InChI is InChI=1S/C17H24N6O2/c1-3-4-6-17(20-21-17)7-8-18-16(25)15-13(10-22(2)19-15)11-23-9-5-14(24)12-23/h1,10,14,24H,4-9,11-12H2,2H3,(H,18,25). The number of aromatic nitrogens is 2. The third-order valence-electron chi connectivity index (χ3n) is 4.62. The fourth-order valence-electron chi connectivity index (χ4n) is 3.17. The molecule has 1 unspecified atom stereocenters. The molecule has 1 atom stereocenters. The van der Waals surface area contributed by atoms with Crippen molar-refractivity contribution in [1.29, 1.82) is 0 Å². The first kappa shape index (κ1) is 17.6. The Morgan fingerprint density at radius 2 is 2.32 bits per heavy atom. The van der Waals surface area contributed by atoms with Crippen LogP contribution in [0.3, 0.4) is 0 Å². The predicted molar refractivity (Wildman–Crippen MR) is 91.7 cm³/mol. The molecule has 8 nitrogen and oxygen atoms in total. The van der Waals surface area contributed by atoms with Crippen molar-refractivity contribution < 1.29 is 9.90 Å². The van der Waals surface area contributed by atoms with E-state index in [4.69, 9.17) is 6.42 Å². The smallest absolute Gasteiger partial charge is 0.272 e. The molecule has 0 radical (unpaired) electrons. The van der Waals surface area contributed by atoms with Gasteiger partial charge in [-0.3, -0.25) is 14.4 Å². The van der Waals surface area contributed by atoms with Crippen molar-refractivity contribution in [2.24, 2.45) is 17.3 Å². The average molecular weight is 344 g/mol. The molecule has 1 aromatic rings. The molecule has 3 rings (SSSR count). The first-order valence-corrected chi connectivity index (χ1v) is 8.60. The summed E-state index contributed by atoms with van der Waals surface area (Å²) < 4.78 is 1.65. The van der Waals surface area contributed by atoms with Gasteiger partial charge in [-0.15, -0.1) is 12.3 Å².